The molecule has 0 aliphatic carbocycles. The molecule has 162 valence electrons. The van der Waals surface area contributed by atoms with E-state index >= 15 is 0 Å². The maximum absolute atomic E-state index is 13.0. The summed E-state index contributed by atoms with van der Waals surface area (Å²) >= 11 is 1.66. The summed E-state index contributed by atoms with van der Waals surface area (Å²) in [4.78, 5) is 21.9. The second kappa shape index (κ2) is 8.88. The molecule has 0 atom stereocenters. The first-order chi connectivity index (χ1) is 15.7. The van der Waals surface area contributed by atoms with Crippen molar-refractivity contribution in [2.45, 2.75) is 0 Å². The molecule has 5 rings (SSSR count). The second-order valence-corrected chi connectivity index (χ2v) is 8.53. The van der Waals surface area contributed by atoms with Crippen molar-refractivity contribution in [3.8, 4) is 17.2 Å². The number of thiazole rings is 1. The van der Waals surface area contributed by atoms with Crippen LogP contribution < -0.4 is 14.4 Å². The van der Waals surface area contributed by atoms with E-state index in [0.717, 1.165) is 39.9 Å². The van der Waals surface area contributed by atoms with Gasteiger partial charge in [0, 0.05) is 31.7 Å². The number of ether oxygens (including phenoxy) is 2. The third kappa shape index (κ3) is 4.11. The lowest BCUT2D eigenvalue weighted by molar-refractivity contribution is 0.0747. The van der Waals surface area contributed by atoms with Gasteiger partial charge in [-0.2, -0.15) is 0 Å². The van der Waals surface area contributed by atoms with E-state index in [4.69, 9.17) is 14.5 Å². The molecule has 1 fully saturated rings. The number of anilines is 1. The standard InChI is InChI=1S/C25H23N3O3S/c1-30-21-8-5-9-22-23(21)26-25(32-22)28-16-14-27(15-17-28)24(29)18-10-12-20(13-11-18)31-19-6-3-2-4-7-19/h2-13H,14-17H2,1H3. The van der Waals surface area contributed by atoms with Gasteiger partial charge in [-0.25, -0.2) is 4.98 Å². The Morgan fingerprint density at radius 3 is 2.31 bits per heavy atom. The molecule has 3 aromatic carbocycles. The number of nitrogens with zero attached hydrogens (tertiary/aromatic N) is 3. The van der Waals surface area contributed by atoms with Gasteiger partial charge in [0.2, 0.25) is 0 Å². The highest BCUT2D eigenvalue weighted by atomic mass is 32.1. The number of piperazine rings is 1. The molecule has 0 N–H and O–H groups in total. The van der Waals surface area contributed by atoms with Crippen LogP contribution in [0.25, 0.3) is 10.2 Å². The van der Waals surface area contributed by atoms with Gasteiger partial charge in [0.15, 0.2) is 5.13 Å². The summed E-state index contributed by atoms with van der Waals surface area (Å²) in [5, 5.41) is 0.971. The van der Waals surface area contributed by atoms with E-state index in [1.807, 2.05) is 71.6 Å². The van der Waals surface area contributed by atoms with Gasteiger partial charge in [0.1, 0.15) is 22.8 Å². The first-order valence-corrected chi connectivity index (χ1v) is 11.3. The Morgan fingerprint density at radius 2 is 1.59 bits per heavy atom. The van der Waals surface area contributed by atoms with Gasteiger partial charge in [0.05, 0.1) is 11.8 Å². The largest absolute Gasteiger partial charge is 0.494 e. The summed E-state index contributed by atoms with van der Waals surface area (Å²) in [5.74, 6) is 2.32. The number of aromatic nitrogens is 1. The zero-order valence-corrected chi connectivity index (χ0v) is 18.5. The Balaban J connectivity index is 1.22. The fraction of sp³-hybridized carbons (Fsp3) is 0.200. The second-order valence-electron chi connectivity index (χ2n) is 7.52. The maximum atomic E-state index is 13.0. The first-order valence-electron chi connectivity index (χ1n) is 10.5. The number of hydrogen-bond acceptors (Lipinski definition) is 6. The average molecular weight is 446 g/mol. The summed E-state index contributed by atoms with van der Waals surface area (Å²) < 4.78 is 12.4. The van der Waals surface area contributed by atoms with E-state index in [2.05, 4.69) is 11.0 Å². The van der Waals surface area contributed by atoms with Gasteiger partial charge < -0.3 is 19.3 Å². The van der Waals surface area contributed by atoms with Gasteiger partial charge >= 0.3 is 0 Å². The Bertz CT molecular complexity index is 1220. The molecule has 2 heterocycles. The summed E-state index contributed by atoms with van der Waals surface area (Å²) in [6.45, 7) is 2.83. The number of methoxy groups -OCH3 is 1. The molecule has 1 aliphatic heterocycles. The van der Waals surface area contributed by atoms with Gasteiger partial charge in [-0.3, -0.25) is 4.79 Å². The highest BCUT2D eigenvalue weighted by Crippen LogP contribution is 2.34. The monoisotopic (exact) mass is 445 g/mol. The topological polar surface area (TPSA) is 54.9 Å². The third-order valence-electron chi connectivity index (χ3n) is 5.51. The van der Waals surface area contributed by atoms with Crippen LogP contribution in [0.3, 0.4) is 0 Å². The molecule has 1 aliphatic rings. The van der Waals surface area contributed by atoms with E-state index in [9.17, 15) is 4.79 Å². The van der Waals surface area contributed by atoms with Crippen molar-refractivity contribution in [1.82, 2.24) is 9.88 Å². The highest BCUT2D eigenvalue weighted by Gasteiger charge is 2.24. The molecule has 0 spiro atoms. The Morgan fingerprint density at radius 1 is 0.875 bits per heavy atom. The zero-order valence-electron chi connectivity index (χ0n) is 17.7. The molecule has 7 heteroatoms. The molecular formula is C25H23N3O3S. The van der Waals surface area contributed by atoms with Gasteiger partial charge in [0.25, 0.3) is 5.91 Å². The van der Waals surface area contributed by atoms with E-state index in [1.165, 1.54) is 0 Å². The van der Waals surface area contributed by atoms with E-state index in [-0.39, 0.29) is 5.91 Å². The third-order valence-corrected chi connectivity index (χ3v) is 6.59. The van der Waals surface area contributed by atoms with Crippen LogP contribution in [0.1, 0.15) is 10.4 Å². The number of para-hydroxylation sites is 2. The van der Waals surface area contributed by atoms with Crippen LogP contribution in [-0.2, 0) is 0 Å². The molecule has 1 amide bonds. The Hall–Kier alpha value is -3.58. The molecule has 1 aromatic heterocycles. The predicted octanol–water partition coefficient (Wildman–Crippen LogP) is 5.06. The first kappa shape index (κ1) is 20.3. The lowest BCUT2D eigenvalue weighted by atomic mass is 10.1. The summed E-state index contributed by atoms with van der Waals surface area (Å²) in [7, 11) is 1.67. The minimum absolute atomic E-state index is 0.0434. The number of fused-ring (bicyclic) bond motifs is 1. The van der Waals surface area contributed by atoms with Crippen LogP contribution >= 0.6 is 11.3 Å². The van der Waals surface area contributed by atoms with Gasteiger partial charge in [-0.05, 0) is 48.5 Å². The fourth-order valence-corrected chi connectivity index (χ4v) is 4.82. The smallest absolute Gasteiger partial charge is 0.253 e. The van der Waals surface area contributed by atoms with Crippen molar-refractivity contribution in [1.29, 1.82) is 0 Å². The van der Waals surface area contributed by atoms with Crippen LogP contribution in [0, 0.1) is 0 Å². The maximum Gasteiger partial charge on any atom is 0.253 e. The van der Waals surface area contributed by atoms with Crippen LogP contribution in [0.4, 0.5) is 5.13 Å². The fourth-order valence-electron chi connectivity index (χ4n) is 3.79. The summed E-state index contributed by atoms with van der Waals surface area (Å²) in [6, 6.07) is 22.9. The van der Waals surface area contributed by atoms with Gasteiger partial charge in [-0.15, -0.1) is 0 Å². The zero-order chi connectivity index (χ0) is 21.9. The SMILES string of the molecule is COc1cccc2sc(N3CCN(C(=O)c4ccc(Oc5ccccc5)cc4)CC3)nc12. The minimum atomic E-state index is 0.0434. The number of hydrogen-bond donors (Lipinski definition) is 0. The van der Waals surface area contributed by atoms with Crippen molar-refractivity contribution in [3.63, 3.8) is 0 Å². The normalized spacial score (nSPS) is 13.9. The van der Waals surface area contributed by atoms with Crippen molar-refractivity contribution >= 4 is 32.6 Å². The average Bonchev–Trinajstić information content (AvgIpc) is 3.29. The molecule has 0 saturated carbocycles. The molecule has 4 aromatic rings. The molecule has 0 unspecified atom stereocenters. The van der Waals surface area contributed by atoms with Crippen molar-refractivity contribution in [2.75, 3.05) is 38.2 Å². The lowest BCUT2D eigenvalue weighted by Gasteiger charge is -2.34. The number of rotatable bonds is 5. The summed E-state index contributed by atoms with van der Waals surface area (Å²) in [6.07, 6.45) is 0. The number of amides is 1. The molecular weight excluding hydrogens is 422 g/mol. The van der Waals surface area contributed by atoms with Crippen molar-refractivity contribution < 1.29 is 14.3 Å². The molecule has 1 saturated heterocycles. The van der Waals surface area contributed by atoms with E-state index < -0.39 is 0 Å². The number of carbonyl (C=O) groups is 1. The molecule has 6 nitrogen and oxygen atoms in total. The predicted molar refractivity (Wildman–Crippen MR) is 127 cm³/mol. The van der Waals surface area contributed by atoms with Crippen LogP contribution in [0.2, 0.25) is 0 Å². The summed E-state index contributed by atoms with van der Waals surface area (Å²) in [5.41, 5.74) is 1.56. The minimum Gasteiger partial charge on any atom is -0.494 e. The number of carbonyl (C=O) groups excluding carboxylic acids is 1. The van der Waals surface area contributed by atoms with Crippen LogP contribution in [0.15, 0.2) is 72.8 Å². The van der Waals surface area contributed by atoms with Crippen LogP contribution in [-0.4, -0.2) is 49.1 Å². The van der Waals surface area contributed by atoms with Gasteiger partial charge in [-0.1, -0.05) is 35.6 Å². The highest BCUT2D eigenvalue weighted by molar-refractivity contribution is 7.22. The molecule has 32 heavy (non-hydrogen) atoms. The van der Waals surface area contributed by atoms with E-state index in [0.29, 0.717) is 24.4 Å². The van der Waals surface area contributed by atoms with Crippen molar-refractivity contribution in [3.05, 3.63) is 78.4 Å². The molecule has 0 radical (unpaired) electrons. The Kier molecular flexibility index (Phi) is 5.64. The van der Waals surface area contributed by atoms with Crippen LogP contribution in [0.5, 0.6) is 17.2 Å². The quantitative estimate of drug-likeness (QED) is 0.430. The lowest BCUT2D eigenvalue weighted by Crippen LogP contribution is -2.48. The number of benzene rings is 3. The Labute approximate surface area is 190 Å². The molecule has 0 bridgehead atoms. The van der Waals surface area contributed by atoms with Crippen molar-refractivity contribution in [2.24, 2.45) is 0 Å². The van der Waals surface area contributed by atoms with E-state index in [1.54, 1.807) is 18.4 Å².